The Morgan fingerprint density at radius 1 is 1.12 bits per heavy atom. The molecule has 3 rings (SSSR count). The minimum atomic E-state index is -0.312. The molecule has 1 aromatic heterocycles. The summed E-state index contributed by atoms with van der Waals surface area (Å²) in [4.78, 5) is 21.3. The maximum Gasteiger partial charge on any atom is 0.274 e. The summed E-state index contributed by atoms with van der Waals surface area (Å²) in [5.74, 6) is 2.11. The number of amides is 1. The number of aryl methyl sites for hydroxylation is 1. The predicted molar refractivity (Wildman–Crippen MR) is 100 cm³/mol. The van der Waals surface area contributed by atoms with E-state index in [9.17, 15) is 4.79 Å². The highest BCUT2D eigenvalue weighted by molar-refractivity contribution is 6.04. The van der Waals surface area contributed by atoms with E-state index in [1.807, 2.05) is 0 Å². The third-order valence-electron chi connectivity index (χ3n) is 4.43. The number of carbonyl (C=O) groups excluding carboxylic acids is 1. The van der Waals surface area contributed by atoms with Gasteiger partial charge in [0.15, 0.2) is 0 Å². The molecule has 0 saturated heterocycles. The summed E-state index contributed by atoms with van der Waals surface area (Å²) in [5, 5.41) is 6.25. The van der Waals surface area contributed by atoms with Gasteiger partial charge in [-0.1, -0.05) is 12.8 Å². The van der Waals surface area contributed by atoms with Crippen molar-refractivity contribution in [2.24, 2.45) is 0 Å². The third-order valence-corrected chi connectivity index (χ3v) is 4.43. The van der Waals surface area contributed by atoms with Gasteiger partial charge in [-0.2, -0.15) is 0 Å². The molecule has 2 N–H and O–H groups in total. The number of benzene rings is 1. The van der Waals surface area contributed by atoms with Crippen molar-refractivity contribution in [3.63, 3.8) is 0 Å². The molecular formula is C19H24N4O3. The van der Waals surface area contributed by atoms with Crippen molar-refractivity contribution >= 4 is 17.4 Å². The topological polar surface area (TPSA) is 85.4 Å². The molecule has 26 heavy (non-hydrogen) atoms. The standard InChI is InChI=1S/C19H24N4O3/c1-12-20-16(11-18(21-12)22-13-6-4-5-7-13)19(24)23-15-9-8-14(25-2)10-17(15)26-3/h8-11,13H,4-7H2,1-3H3,(H,23,24)(H,20,21,22). The summed E-state index contributed by atoms with van der Waals surface area (Å²) in [6.45, 7) is 1.78. The van der Waals surface area contributed by atoms with Gasteiger partial charge in [-0.15, -0.1) is 0 Å². The number of methoxy groups -OCH3 is 2. The molecule has 1 aromatic carbocycles. The zero-order chi connectivity index (χ0) is 18.5. The molecule has 0 radical (unpaired) electrons. The van der Waals surface area contributed by atoms with E-state index >= 15 is 0 Å². The second-order valence-electron chi connectivity index (χ2n) is 6.33. The van der Waals surface area contributed by atoms with E-state index in [0.29, 0.717) is 40.6 Å². The Bertz CT molecular complexity index is 788. The molecular weight excluding hydrogens is 332 g/mol. The molecule has 138 valence electrons. The maximum absolute atomic E-state index is 12.7. The van der Waals surface area contributed by atoms with Gasteiger partial charge in [-0.3, -0.25) is 4.79 Å². The van der Waals surface area contributed by atoms with Crippen LogP contribution in [0.5, 0.6) is 11.5 Å². The Morgan fingerprint density at radius 3 is 2.58 bits per heavy atom. The van der Waals surface area contributed by atoms with Crippen LogP contribution in [0.1, 0.15) is 42.0 Å². The summed E-state index contributed by atoms with van der Waals surface area (Å²) in [6.07, 6.45) is 4.72. The number of aromatic nitrogens is 2. The summed E-state index contributed by atoms with van der Waals surface area (Å²) >= 11 is 0. The number of hydrogen-bond acceptors (Lipinski definition) is 6. The molecule has 1 saturated carbocycles. The number of carbonyl (C=O) groups is 1. The van der Waals surface area contributed by atoms with Crippen LogP contribution in [-0.4, -0.2) is 36.1 Å². The SMILES string of the molecule is COc1ccc(NC(=O)c2cc(NC3CCCC3)nc(C)n2)c(OC)c1. The lowest BCUT2D eigenvalue weighted by molar-refractivity contribution is 0.102. The molecule has 7 heteroatoms. The summed E-state index contributed by atoms with van der Waals surface area (Å²) < 4.78 is 10.5. The van der Waals surface area contributed by atoms with Crippen molar-refractivity contribution in [1.82, 2.24) is 9.97 Å². The Kier molecular flexibility index (Phi) is 5.55. The second-order valence-corrected chi connectivity index (χ2v) is 6.33. The lowest BCUT2D eigenvalue weighted by Gasteiger charge is -2.14. The van der Waals surface area contributed by atoms with Gasteiger partial charge in [-0.05, 0) is 31.9 Å². The average Bonchev–Trinajstić information content (AvgIpc) is 3.14. The number of anilines is 2. The molecule has 0 spiro atoms. The van der Waals surface area contributed by atoms with Crippen LogP contribution in [0.4, 0.5) is 11.5 Å². The average molecular weight is 356 g/mol. The van der Waals surface area contributed by atoms with E-state index in [1.165, 1.54) is 12.8 Å². The van der Waals surface area contributed by atoms with Crippen LogP contribution < -0.4 is 20.1 Å². The largest absolute Gasteiger partial charge is 0.497 e. The van der Waals surface area contributed by atoms with E-state index in [2.05, 4.69) is 20.6 Å². The maximum atomic E-state index is 12.7. The first-order valence-corrected chi connectivity index (χ1v) is 8.74. The van der Waals surface area contributed by atoms with E-state index < -0.39 is 0 Å². The fourth-order valence-electron chi connectivity index (χ4n) is 3.13. The van der Waals surface area contributed by atoms with Crippen molar-refractivity contribution < 1.29 is 14.3 Å². The molecule has 1 fully saturated rings. The molecule has 0 unspecified atom stereocenters. The highest BCUT2D eigenvalue weighted by Crippen LogP contribution is 2.29. The first-order chi connectivity index (χ1) is 12.6. The zero-order valence-corrected chi connectivity index (χ0v) is 15.3. The second kappa shape index (κ2) is 8.03. The van der Waals surface area contributed by atoms with Crippen molar-refractivity contribution in [1.29, 1.82) is 0 Å². The molecule has 1 aliphatic carbocycles. The van der Waals surface area contributed by atoms with Gasteiger partial charge >= 0.3 is 0 Å². The van der Waals surface area contributed by atoms with Crippen LogP contribution in [-0.2, 0) is 0 Å². The highest BCUT2D eigenvalue weighted by Gasteiger charge is 2.18. The molecule has 1 heterocycles. The van der Waals surface area contributed by atoms with Crippen LogP contribution in [0.15, 0.2) is 24.3 Å². The smallest absolute Gasteiger partial charge is 0.274 e. The van der Waals surface area contributed by atoms with Crippen molar-refractivity contribution in [2.75, 3.05) is 24.9 Å². The molecule has 0 atom stereocenters. The quantitative estimate of drug-likeness (QED) is 0.825. The van der Waals surface area contributed by atoms with Crippen LogP contribution in [0, 0.1) is 6.92 Å². The minimum absolute atomic E-state index is 0.312. The fraction of sp³-hybridized carbons (Fsp3) is 0.421. The third kappa shape index (κ3) is 4.22. The Hall–Kier alpha value is -2.83. The Balaban J connectivity index is 1.78. The van der Waals surface area contributed by atoms with Crippen LogP contribution >= 0.6 is 0 Å². The summed E-state index contributed by atoms with van der Waals surface area (Å²) in [5.41, 5.74) is 0.871. The number of ether oxygens (including phenoxy) is 2. The molecule has 1 aliphatic rings. The van der Waals surface area contributed by atoms with E-state index in [1.54, 1.807) is 45.4 Å². The predicted octanol–water partition coefficient (Wildman–Crippen LogP) is 3.41. The molecule has 7 nitrogen and oxygen atoms in total. The number of rotatable bonds is 6. The van der Waals surface area contributed by atoms with Crippen molar-refractivity contribution in [3.8, 4) is 11.5 Å². The normalized spacial score (nSPS) is 14.1. The lowest BCUT2D eigenvalue weighted by Crippen LogP contribution is -2.19. The summed E-state index contributed by atoms with van der Waals surface area (Å²) in [6, 6.07) is 7.32. The van der Waals surface area contributed by atoms with E-state index in [-0.39, 0.29) is 5.91 Å². The first-order valence-electron chi connectivity index (χ1n) is 8.74. The summed E-state index contributed by atoms with van der Waals surface area (Å²) in [7, 11) is 3.12. The fourth-order valence-corrected chi connectivity index (χ4v) is 3.13. The lowest BCUT2D eigenvalue weighted by atomic mass is 10.2. The number of nitrogens with zero attached hydrogens (tertiary/aromatic N) is 2. The molecule has 0 bridgehead atoms. The minimum Gasteiger partial charge on any atom is -0.497 e. The van der Waals surface area contributed by atoms with Gasteiger partial charge in [0.2, 0.25) is 0 Å². The number of nitrogens with one attached hydrogen (secondary N) is 2. The first kappa shape index (κ1) is 18.0. The zero-order valence-electron chi connectivity index (χ0n) is 15.3. The van der Waals surface area contributed by atoms with E-state index in [0.717, 1.165) is 12.8 Å². The van der Waals surface area contributed by atoms with Gasteiger partial charge in [0.25, 0.3) is 5.91 Å². The monoisotopic (exact) mass is 356 g/mol. The van der Waals surface area contributed by atoms with Gasteiger partial charge in [0, 0.05) is 18.2 Å². The molecule has 1 amide bonds. The number of hydrogen-bond donors (Lipinski definition) is 2. The Morgan fingerprint density at radius 2 is 1.88 bits per heavy atom. The van der Waals surface area contributed by atoms with Crippen molar-refractivity contribution in [3.05, 3.63) is 35.8 Å². The van der Waals surface area contributed by atoms with Crippen LogP contribution in [0.3, 0.4) is 0 Å². The van der Waals surface area contributed by atoms with Gasteiger partial charge < -0.3 is 20.1 Å². The molecule has 2 aromatic rings. The van der Waals surface area contributed by atoms with Gasteiger partial charge in [0.05, 0.1) is 19.9 Å². The molecule has 0 aliphatic heterocycles. The van der Waals surface area contributed by atoms with E-state index in [4.69, 9.17) is 9.47 Å². The van der Waals surface area contributed by atoms with Crippen molar-refractivity contribution in [2.45, 2.75) is 38.6 Å². The van der Waals surface area contributed by atoms with Crippen LogP contribution in [0.25, 0.3) is 0 Å². The Labute approximate surface area is 153 Å². The van der Waals surface area contributed by atoms with Gasteiger partial charge in [0.1, 0.15) is 28.8 Å². The van der Waals surface area contributed by atoms with Gasteiger partial charge in [-0.25, -0.2) is 9.97 Å². The highest BCUT2D eigenvalue weighted by atomic mass is 16.5. The van der Waals surface area contributed by atoms with Crippen LogP contribution in [0.2, 0.25) is 0 Å².